The van der Waals surface area contributed by atoms with Crippen LogP contribution in [0.5, 0.6) is 0 Å². The van der Waals surface area contributed by atoms with Gasteiger partial charge < -0.3 is 9.88 Å². The van der Waals surface area contributed by atoms with Gasteiger partial charge in [0.2, 0.25) is 0 Å². The van der Waals surface area contributed by atoms with E-state index < -0.39 is 0 Å². The van der Waals surface area contributed by atoms with Gasteiger partial charge >= 0.3 is 0 Å². The van der Waals surface area contributed by atoms with Crippen molar-refractivity contribution >= 4 is 10.9 Å². The van der Waals surface area contributed by atoms with Gasteiger partial charge in [0.05, 0.1) is 11.6 Å². The van der Waals surface area contributed by atoms with Crippen molar-refractivity contribution in [1.29, 1.82) is 5.26 Å². The van der Waals surface area contributed by atoms with Crippen molar-refractivity contribution in [1.82, 2.24) is 9.88 Å². The molecule has 3 nitrogen and oxygen atoms in total. The summed E-state index contributed by atoms with van der Waals surface area (Å²) < 4.78 is 2.21. The first-order chi connectivity index (χ1) is 8.36. The van der Waals surface area contributed by atoms with Crippen LogP contribution in [0.4, 0.5) is 0 Å². The van der Waals surface area contributed by atoms with Crippen molar-refractivity contribution in [3.8, 4) is 6.07 Å². The second-order valence-electron chi connectivity index (χ2n) is 4.62. The zero-order chi connectivity index (χ0) is 11.7. The Morgan fingerprint density at radius 2 is 2.24 bits per heavy atom. The molecule has 0 spiro atoms. The molecule has 3 rings (SSSR count). The highest BCUT2D eigenvalue weighted by atomic mass is 15.0. The number of benzene rings is 1. The van der Waals surface area contributed by atoms with Crippen LogP contribution in [-0.2, 0) is 6.54 Å². The first-order valence-corrected chi connectivity index (χ1v) is 6.09. The lowest BCUT2D eigenvalue weighted by atomic mass is 10.2. The van der Waals surface area contributed by atoms with Gasteiger partial charge in [0.1, 0.15) is 0 Å². The van der Waals surface area contributed by atoms with Crippen molar-refractivity contribution in [2.75, 3.05) is 6.54 Å². The second-order valence-corrected chi connectivity index (χ2v) is 4.62. The van der Waals surface area contributed by atoms with Crippen molar-refractivity contribution in [3.05, 3.63) is 36.0 Å². The fraction of sp³-hybridized carbons (Fsp3) is 0.357. The summed E-state index contributed by atoms with van der Waals surface area (Å²) in [4.78, 5) is 0. The predicted octanol–water partition coefficient (Wildman–Crippen LogP) is 2.26. The third kappa shape index (κ3) is 2.17. The zero-order valence-electron chi connectivity index (χ0n) is 9.69. The predicted molar refractivity (Wildman–Crippen MR) is 67.7 cm³/mol. The van der Waals surface area contributed by atoms with Gasteiger partial charge in [-0.05, 0) is 36.4 Å². The number of rotatable bonds is 4. The lowest BCUT2D eigenvalue weighted by Crippen LogP contribution is -2.21. The average molecular weight is 225 g/mol. The number of nitrogens with one attached hydrogen (secondary N) is 1. The molecule has 86 valence electrons. The summed E-state index contributed by atoms with van der Waals surface area (Å²) in [6, 6.07) is 10.9. The molecular weight excluding hydrogens is 210 g/mol. The van der Waals surface area contributed by atoms with Crippen LogP contribution in [-0.4, -0.2) is 17.2 Å². The van der Waals surface area contributed by atoms with E-state index in [9.17, 15) is 0 Å². The van der Waals surface area contributed by atoms with Gasteiger partial charge in [-0.15, -0.1) is 0 Å². The van der Waals surface area contributed by atoms with Crippen LogP contribution in [0.15, 0.2) is 30.5 Å². The lowest BCUT2D eigenvalue weighted by molar-refractivity contribution is 0.606. The van der Waals surface area contributed by atoms with Crippen LogP contribution in [0, 0.1) is 11.3 Å². The number of fused-ring (bicyclic) bond motifs is 1. The van der Waals surface area contributed by atoms with Crippen molar-refractivity contribution in [2.45, 2.75) is 25.4 Å². The molecule has 0 bridgehead atoms. The van der Waals surface area contributed by atoms with Crippen LogP contribution in [0.2, 0.25) is 0 Å². The van der Waals surface area contributed by atoms with Gasteiger partial charge in [-0.3, -0.25) is 0 Å². The topological polar surface area (TPSA) is 40.8 Å². The summed E-state index contributed by atoms with van der Waals surface area (Å²) in [5.41, 5.74) is 1.88. The van der Waals surface area contributed by atoms with Gasteiger partial charge in [0.25, 0.3) is 0 Å². The van der Waals surface area contributed by atoms with E-state index in [2.05, 4.69) is 28.2 Å². The largest absolute Gasteiger partial charge is 0.346 e. The number of hydrogen-bond donors (Lipinski definition) is 1. The number of nitriles is 1. The van der Waals surface area contributed by atoms with E-state index in [-0.39, 0.29) is 0 Å². The van der Waals surface area contributed by atoms with Crippen LogP contribution in [0.1, 0.15) is 18.4 Å². The molecule has 1 aliphatic carbocycles. The molecule has 1 N–H and O–H groups in total. The summed E-state index contributed by atoms with van der Waals surface area (Å²) >= 11 is 0. The Kier molecular flexibility index (Phi) is 2.58. The highest BCUT2D eigenvalue weighted by molar-refractivity contribution is 5.81. The van der Waals surface area contributed by atoms with Gasteiger partial charge in [-0.2, -0.15) is 5.26 Å². The van der Waals surface area contributed by atoms with Crippen molar-refractivity contribution in [3.63, 3.8) is 0 Å². The van der Waals surface area contributed by atoms with E-state index in [1.165, 1.54) is 18.2 Å². The highest BCUT2D eigenvalue weighted by Gasteiger charge is 2.19. The van der Waals surface area contributed by atoms with E-state index in [1.807, 2.05) is 18.2 Å². The molecule has 0 aliphatic heterocycles. The molecular formula is C14H15N3. The minimum atomic E-state index is 0.729. The maximum atomic E-state index is 8.91. The lowest BCUT2D eigenvalue weighted by Gasteiger charge is -2.06. The molecule has 17 heavy (non-hydrogen) atoms. The number of aromatic nitrogens is 1. The molecule has 0 amide bonds. The molecule has 1 aromatic carbocycles. The first-order valence-electron chi connectivity index (χ1n) is 6.09. The van der Waals surface area contributed by atoms with Crippen LogP contribution in [0.25, 0.3) is 10.9 Å². The van der Waals surface area contributed by atoms with Gasteiger partial charge in [-0.1, -0.05) is 6.07 Å². The molecule has 1 fully saturated rings. The van der Waals surface area contributed by atoms with E-state index >= 15 is 0 Å². The fourth-order valence-electron chi connectivity index (χ4n) is 2.13. The molecule has 1 aliphatic rings. The molecule has 0 saturated heterocycles. The Hall–Kier alpha value is -1.79. The normalized spacial score (nSPS) is 15.0. The van der Waals surface area contributed by atoms with Gasteiger partial charge in [-0.25, -0.2) is 0 Å². The summed E-state index contributed by atoms with van der Waals surface area (Å²) in [6.07, 6.45) is 4.75. The third-order valence-electron chi connectivity index (χ3n) is 3.27. The maximum absolute atomic E-state index is 8.91. The Morgan fingerprint density at radius 3 is 3.00 bits per heavy atom. The Bertz CT molecular complexity index is 573. The smallest absolute Gasteiger partial charge is 0.0992 e. The molecule has 0 radical (unpaired) electrons. The maximum Gasteiger partial charge on any atom is 0.0992 e. The fourth-order valence-corrected chi connectivity index (χ4v) is 2.13. The average Bonchev–Trinajstić information content (AvgIpc) is 3.10. The molecule has 0 unspecified atom stereocenters. The molecule has 0 atom stereocenters. The van der Waals surface area contributed by atoms with Crippen LogP contribution in [0.3, 0.4) is 0 Å². The quantitative estimate of drug-likeness (QED) is 0.867. The standard InChI is InChI=1S/C14H15N3/c15-10-11-1-2-12-5-7-17(14(12)9-11)8-6-16-13-3-4-13/h1-2,5,7,9,13,16H,3-4,6,8H2. The molecule has 1 saturated carbocycles. The summed E-state index contributed by atoms with van der Waals surface area (Å²) in [7, 11) is 0. The van der Waals surface area contributed by atoms with Crippen molar-refractivity contribution < 1.29 is 0 Å². The molecule has 1 heterocycles. The Labute approximate surface area is 101 Å². The molecule has 3 heteroatoms. The monoisotopic (exact) mass is 225 g/mol. The molecule has 1 aromatic heterocycles. The van der Waals surface area contributed by atoms with E-state index in [0.29, 0.717) is 0 Å². The summed E-state index contributed by atoms with van der Waals surface area (Å²) in [5, 5.41) is 13.6. The zero-order valence-corrected chi connectivity index (χ0v) is 9.69. The first kappa shape index (κ1) is 10.4. The Morgan fingerprint density at radius 1 is 1.35 bits per heavy atom. The SMILES string of the molecule is N#Cc1ccc2ccn(CCNC3CC3)c2c1. The van der Waals surface area contributed by atoms with Crippen LogP contribution < -0.4 is 5.32 Å². The van der Waals surface area contributed by atoms with Crippen LogP contribution >= 0.6 is 0 Å². The number of hydrogen-bond acceptors (Lipinski definition) is 2. The van der Waals surface area contributed by atoms with E-state index in [1.54, 1.807) is 0 Å². The van der Waals surface area contributed by atoms with Gasteiger partial charge in [0, 0.05) is 30.8 Å². The Balaban J connectivity index is 1.80. The van der Waals surface area contributed by atoms with E-state index in [0.717, 1.165) is 30.2 Å². The molecule has 2 aromatic rings. The van der Waals surface area contributed by atoms with E-state index in [4.69, 9.17) is 5.26 Å². The summed E-state index contributed by atoms with van der Waals surface area (Å²) in [5.74, 6) is 0. The number of nitrogens with zero attached hydrogens (tertiary/aromatic N) is 2. The summed E-state index contributed by atoms with van der Waals surface area (Å²) in [6.45, 7) is 1.97. The third-order valence-corrected chi connectivity index (χ3v) is 3.27. The van der Waals surface area contributed by atoms with Crippen molar-refractivity contribution in [2.24, 2.45) is 0 Å². The minimum Gasteiger partial charge on any atom is -0.346 e. The highest BCUT2D eigenvalue weighted by Crippen LogP contribution is 2.19. The second kappa shape index (κ2) is 4.23. The van der Waals surface area contributed by atoms with Gasteiger partial charge in [0.15, 0.2) is 0 Å². The minimum absolute atomic E-state index is 0.729.